The lowest BCUT2D eigenvalue weighted by molar-refractivity contribution is 0.403. The molecule has 1 heterocycles. The van der Waals surface area contributed by atoms with E-state index in [2.05, 4.69) is 17.2 Å². The van der Waals surface area contributed by atoms with E-state index in [9.17, 15) is 4.39 Å². The van der Waals surface area contributed by atoms with Crippen LogP contribution >= 0.6 is 0 Å². The van der Waals surface area contributed by atoms with Crippen molar-refractivity contribution in [3.63, 3.8) is 0 Å². The molecule has 0 aliphatic carbocycles. The van der Waals surface area contributed by atoms with E-state index in [0.29, 0.717) is 23.0 Å². The first-order chi connectivity index (χ1) is 9.67. The van der Waals surface area contributed by atoms with Crippen molar-refractivity contribution in [3.05, 3.63) is 36.1 Å². The standard InChI is InChI=1S/C15H19FN2O2/c1-4-8-17-10(2)15-18-9-13(20-15)14-11(16)6-5-7-12(14)19-3/h5-7,9-10,17H,4,8H2,1-3H3. The summed E-state index contributed by atoms with van der Waals surface area (Å²) in [6, 6.07) is 4.65. The Bertz CT molecular complexity index is 569. The van der Waals surface area contributed by atoms with E-state index in [4.69, 9.17) is 9.15 Å². The van der Waals surface area contributed by atoms with E-state index >= 15 is 0 Å². The fraction of sp³-hybridized carbons (Fsp3) is 0.400. The molecule has 1 aromatic carbocycles. The quantitative estimate of drug-likeness (QED) is 0.877. The van der Waals surface area contributed by atoms with E-state index in [0.717, 1.165) is 13.0 Å². The highest BCUT2D eigenvalue weighted by atomic mass is 19.1. The highest BCUT2D eigenvalue weighted by Gasteiger charge is 2.18. The van der Waals surface area contributed by atoms with E-state index < -0.39 is 0 Å². The zero-order valence-corrected chi connectivity index (χ0v) is 11.9. The number of nitrogens with zero attached hydrogens (tertiary/aromatic N) is 1. The Hall–Kier alpha value is -1.88. The molecule has 0 spiro atoms. The summed E-state index contributed by atoms with van der Waals surface area (Å²) in [6.45, 7) is 4.93. The fourth-order valence-corrected chi connectivity index (χ4v) is 1.97. The molecule has 1 unspecified atom stereocenters. The average Bonchev–Trinajstić information content (AvgIpc) is 2.93. The first kappa shape index (κ1) is 14.5. The maximum absolute atomic E-state index is 14.0. The second-order valence-corrected chi connectivity index (χ2v) is 4.56. The van der Waals surface area contributed by atoms with Crippen LogP contribution in [-0.2, 0) is 0 Å². The van der Waals surface area contributed by atoms with Crippen molar-refractivity contribution in [2.45, 2.75) is 26.3 Å². The number of hydrogen-bond donors (Lipinski definition) is 1. The van der Waals surface area contributed by atoms with Crippen molar-refractivity contribution in [1.29, 1.82) is 0 Å². The highest BCUT2D eigenvalue weighted by molar-refractivity contribution is 5.65. The van der Waals surface area contributed by atoms with Gasteiger partial charge in [0.15, 0.2) is 5.76 Å². The maximum atomic E-state index is 14.0. The van der Waals surface area contributed by atoms with Crippen molar-refractivity contribution in [1.82, 2.24) is 10.3 Å². The van der Waals surface area contributed by atoms with Gasteiger partial charge in [0.25, 0.3) is 0 Å². The van der Waals surface area contributed by atoms with Gasteiger partial charge in [0.05, 0.1) is 24.9 Å². The van der Waals surface area contributed by atoms with Gasteiger partial charge < -0.3 is 14.5 Å². The Kier molecular flexibility index (Phi) is 4.74. The predicted molar refractivity (Wildman–Crippen MR) is 75.2 cm³/mol. The fourth-order valence-electron chi connectivity index (χ4n) is 1.97. The van der Waals surface area contributed by atoms with Gasteiger partial charge in [-0.3, -0.25) is 0 Å². The molecule has 0 bridgehead atoms. The van der Waals surface area contributed by atoms with Crippen LogP contribution < -0.4 is 10.1 Å². The number of nitrogens with one attached hydrogen (secondary N) is 1. The monoisotopic (exact) mass is 278 g/mol. The van der Waals surface area contributed by atoms with Crippen molar-refractivity contribution < 1.29 is 13.5 Å². The van der Waals surface area contributed by atoms with E-state index in [1.165, 1.54) is 19.4 Å². The first-order valence-corrected chi connectivity index (χ1v) is 6.69. The van der Waals surface area contributed by atoms with Crippen LogP contribution in [0.3, 0.4) is 0 Å². The summed E-state index contributed by atoms with van der Waals surface area (Å²) in [6.07, 6.45) is 2.55. The highest BCUT2D eigenvalue weighted by Crippen LogP contribution is 2.33. The Labute approximate surface area is 118 Å². The lowest BCUT2D eigenvalue weighted by Gasteiger charge is -2.09. The first-order valence-electron chi connectivity index (χ1n) is 6.69. The lowest BCUT2D eigenvalue weighted by atomic mass is 10.1. The summed E-state index contributed by atoms with van der Waals surface area (Å²) in [5.74, 6) is 0.960. The number of methoxy groups -OCH3 is 1. The molecule has 1 N–H and O–H groups in total. The third-order valence-corrected chi connectivity index (χ3v) is 3.04. The topological polar surface area (TPSA) is 47.3 Å². The minimum Gasteiger partial charge on any atom is -0.496 e. The molecule has 0 saturated heterocycles. The molecule has 0 aliphatic rings. The minimum atomic E-state index is -0.388. The number of aromatic nitrogens is 1. The Balaban J connectivity index is 2.29. The van der Waals surface area contributed by atoms with Gasteiger partial charge in [-0.25, -0.2) is 9.37 Å². The molecule has 108 valence electrons. The minimum absolute atomic E-state index is 0.0125. The van der Waals surface area contributed by atoms with E-state index in [1.807, 2.05) is 6.92 Å². The lowest BCUT2D eigenvalue weighted by Crippen LogP contribution is -2.19. The van der Waals surface area contributed by atoms with Gasteiger partial charge in [-0.05, 0) is 32.0 Å². The smallest absolute Gasteiger partial charge is 0.211 e. The second kappa shape index (κ2) is 6.52. The van der Waals surface area contributed by atoms with E-state index in [-0.39, 0.29) is 11.9 Å². The van der Waals surface area contributed by atoms with Gasteiger partial charge in [-0.2, -0.15) is 0 Å². The molecule has 2 rings (SSSR count). The molecular formula is C15H19FN2O2. The largest absolute Gasteiger partial charge is 0.496 e. The van der Waals surface area contributed by atoms with Gasteiger partial charge in [0.1, 0.15) is 11.6 Å². The van der Waals surface area contributed by atoms with Crippen LogP contribution in [0.15, 0.2) is 28.8 Å². The third-order valence-electron chi connectivity index (χ3n) is 3.04. The maximum Gasteiger partial charge on any atom is 0.211 e. The molecule has 1 atom stereocenters. The van der Waals surface area contributed by atoms with E-state index in [1.54, 1.807) is 12.1 Å². The molecule has 1 aromatic heterocycles. The number of ether oxygens (including phenoxy) is 1. The molecule has 20 heavy (non-hydrogen) atoms. The SMILES string of the molecule is CCCNC(C)c1ncc(-c2c(F)cccc2OC)o1. The van der Waals surface area contributed by atoms with Gasteiger partial charge in [0, 0.05) is 0 Å². The summed E-state index contributed by atoms with van der Waals surface area (Å²) in [7, 11) is 1.50. The van der Waals surface area contributed by atoms with Gasteiger partial charge in [-0.1, -0.05) is 13.0 Å². The van der Waals surface area contributed by atoms with Gasteiger partial charge in [-0.15, -0.1) is 0 Å². The van der Waals surface area contributed by atoms with Crippen LogP contribution in [0.4, 0.5) is 4.39 Å². The van der Waals surface area contributed by atoms with Crippen LogP contribution in [0.2, 0.25) is 0 Å². The molecule has 4 nitrogen and oxygen atoms in total. The Morgan fingerprint density at radius 3 is 2.95 bits per heavy atom. The predicted octanol–water partition coefficient (Wildman–Crippen LogP) is 3.55. The summed E-state index contributed by atoms with van der Waals surface area (Å²) in [5, 5.41) is 3.28. The average molecular weight is 278 g/mol. The molecule has 0 radical (unpaired) electrons. The molecule has 0 amide bonds. The van der Waals surface area contributed by atoms with Crippen LogP contribution in [-0.4, -0.2) is 18.6 Å². The van der Waals surface area contributed by atoms with Gasteiger partial charge >= 0.3 is 0 Å². The molecule has 5 heteroatoms. The van der Waals surface area contributed by atoms with Crippen molar-refractivity contribution in [3.8, 4) is 17.1 Å². The summed E-state index contributed by atoms with van der Waals surface area (Å²) < 4.78 is 24.8. The molecular weight excluding hydrogens is 259 g/mol. The third kappa shape index (κ3) is 2.99. The molecule has 0 fully saturated rings. The Morgan fingerprint density at radius 2 is 2.25 bits per heavy atom. The molecule has 2 aromatic rings. The van der Waals surface area contributed by atoms with Gasteiger partial charge in [0.2, 0.25) is 5.89 Å². The van der Waals surface area contributed by atoms with Crippen LogP contribution in [0, 0.1) is 5.82 Å². The molecule has 0 aliphatic heterocycles. The van der Waals surface area contributed by atoms with Crippen molar-refractivity contribution >= 4 is 0 Å². The molecule has 0 saturated carbocycles. The second-order valence-electron chi connectivity index (χ2n) is 4.56. The van der Waals surface area contributed by atoms with Crippen molar-refractivity contribution in [2.75, 3.05) is 13.7 Å². The summed E-state index contributed by atoms with van der Waals surface area (Å²) in [4.78, 5) is 4.21. The normalized spacial score (nSPS) is 12.4. The van der Waals surface area contributed by atoms with Crippen LogP contribution in [0.1, 0.15) is 32.2 Å². The zero-order chi connectivity index (χ0) is 14.5. The zero-order valence-electron chi connectivity index (χ0n) is 11.9. The number of oxazole rings is 1. The number of rotatable bonds is 6. The Morgan fingerprint density at radius 1 is 1.45 bits per heavy atom. The number of halogens is 1. The van der Waals surface area contributed by atoms with Crippen molar-refractivity contribution in [2.24, 2.45) is 0 Å². The number of benzene rings is 1. The number of hydrogen-bond acceptors (Lipinski definition) is 4. The van der Waals surface area contributed by atoms with Crippen LogP contribution in [0.25, 0.3) is 11.3 Å². The van der Waals surface area contributed by atoms with Crippen LogP contribution in [0.5, 0.6) is 5.75 Å². The summed E-state index contributed by atoms with van der Waals surface area (Å²) >= 11 is 0. The summed E-state index contributed by atoms with van der Waals surface area (Å²) in [5.41, 5.74) is 0.302.